The van der Waals surface area contributed by atoms with Gasteiger partial charge in [0, 0.05) is 18.1 Å². The molecule has 8 heteroatoms. The predicted octanol–water partition coefficient (Wildman–Crippen LogP) is 1.96. The highest BCUT2D eigenvalue weighted by Crippen LogP contribution is 2.24. The monoisotopic (exact) mass is 346 g/mol. The molecule has 2 rings (SSSR count). The topological polar surface area (TPSA) is 75.7 Å². The summed E-state index contributed by atoms with van der Waals surface area (Å²) in [4.78, 5) is 14.4. The summed E-state index contributed by atoms with van der Waals surface area (Å²) in [5, 5.41) is 0.372. The molecule has 1 heterocycles. The van der Waals surface area contributed by atoms with E-state index in [1.807, 2.05) is 13.8 Å². The van der Waals surface area contributed by atoms with Gasteiger partial charge < -0.3 is 9.64 Å². The number of ether oxygens (including phenoxy) is 1. The Hall–Kier alpha value is -1.31. The van der Waals surface area contributed by atoms with E-state index in [1.165, 1.54) is 18.2 Å². The van der Waals surface area contributed by atoms with Crippen LogP contribution in [-0.4, -0.2) is 50.8 Å². The molecule has 0 saturated carbocycles. The van der Waals surface area contributed by atoms with E-state index in [-0.39, 0.29) is 29.4 Å². The van der Waals surface area contributed by atoms with Crippen LogP contribution in [0.5, 0.6) is 0 Å². The van der Waals surface area contributed by atoms with Crippen LogP contribution >= 0.6 is 11.6 Å². The van der Waals surface area contributed by atoms with Crippen LogP contribution in [0, 0.1) is 0 Å². The van der Waals surface area contributed by atoms with E-state index in [2.05, 4.69) is 4.72 Å². The normalized spacial score (nSPS) is 22.5. The van der Waals surface area contributed by atoms with E-state index < -0.39 is 10.0 Å². The Bertz CT molecular complexity index is 667. The second kappa shape index (κ2) is 6.44. The summed E-state index contributed by atoms with van der Waals surface area (Å²) in [5.74, 6) is -0.268. The zero-order valence-corrected chi connectivity index (χ0v) is 14.2. The van der Waals surface area contributed by atoms with Gasteiger partial charge in [0.2, 0.25) is 10.0 Å². The maximum Gasteiger partial charge on any atom is 0.256 e. The fourth-order valence-corrected chi connectivity index (χ4v) is 3.25. The number of hydrogen-bond donors (Lipinski definition) is 1. The molecule has 1 saturated heterocycles. The molecular weight excluding hydrogens is 328 g/mol. The first-order valence-corrected chi connectivity index (χ1v) is 9.14. The summed E-state index contributed by atoms with van der Waals surface area (Å²) in [6, 6.07) is 4.50. The smallest absolute Gasteiger partial charge is 0.256 e. The SMILES string of the molecule is CC1CN(C(=O)c2cc(Cl)ccc2NS(C)(=O)=O)CC(C)O1. The van der Waals surface area contributed by atoms with Gasteiger partial charge in [0.15, 0.2) is 0 Å². The van der Waals surface area contributed by atoms with E-state index in [0.717, 1.165) is 6.26 Å². The number of amides is 1. The van der Waals surface area contributed by atoms with Crippen LogP contribution in [0.1, 0.15) is 24.2 Å². The van der Waals surface area contributed by atoms with E-state index in [1.54, 1.807) is 4.90 Å². The van der Waals surface area contributed by atoms with Crippen molar-refractivity contribution < 1.29 is 17.9 Å². The molecule has 0 aliphatic carbocycles. The number of hydrogen-bond acceptors (Lipinski definition) is 4. The highest BCUT2D eigenvalue weighted by molar-refractivity contribution is 7.92. The first kappa shape index (κ1) is 17.1. The van der Waals surface area contributed by atoms with Crippen LogP contribution in [0.25, 0.3) is 0 Å². The standard InChI is InChI=1S/C14H19ClN2O4S/c1-9-7-17(8-10(2)21-9)14(18)12-6-11(15)4-5-13(12)16-22(3,19)20/h4-6,9-10,16H,7-8H2,1-3H3. The quantitative estimate of drug-likeness (QED) is 0.907. The van der Waals surface area contributed by atoms with Crippen LogP contribution in [0.3, 0.4) is 0 Å². The van der Waals surface area contributed by atoms with Crippen molar-refractivity contribution in [2.75, 3.05) is 24.1 Å². The summed E-state index contributed by atoms with van der Waals surface area (Å²) in [6.45, 7) is 4.69. The van der Waals surface area contributed by atoms with Crippen molar-refractivity contribution in [2.45, 2.75) is 26.1 Å². The Kier molecular flexibility index (Phi) is 4.99. The lowest BCUT2D eigenvalue weighted by atomic mass is 10.1. The van der Waals surface area contributed by atoms with Gasteiger partial charge in [-0.2, -0.15) is 0 Å². The highest BCUT2D eigenvalue weighted by atomic mass is 35.5. The van der Waals surface area contributed by atoms with Gasteiger partial charge >= 0.3 is 0 Å². The van der Waals surface area contributed by atoms with Crippen molar-refractivity contribution in [3.05, 3.63) is 28.8 Å². The van der Waals surface area contributed by atoms with Gasteiger partial charge in [-0.3, -0.25) is 9.52 Å². The summed E-state index contributed by atoms with van der Waals surface area (Å²) < 4.78 is 30.9. The van der Waals surface area contributed by atoms with Crippen molar-refractivity contribution in [3.8, 4) is 0 Å². The van der Waals surface area contributed by atoms with Crippen LogP contribution in [-0.2, 0) is 14.8 Å². The van der Waals surface area contributed by atoms with Gasteiger partial charge in [0.25, 0.3) is 5.91 Å². The molecule has 1 amide bonds. The number of halogens is 1. The minimum absolute atomic E-state index is 0.0711. The predicted molar refractivity (Wildman–Crippen MR) is 85.8 cm³/mol. The third kappa shape index (κ3) is 4.34. The Morgan fingerprint density at radius 3 is 2.45 bits per heavy atom. The molecule has 1 fully saturated rings. The van der Waals surface area contributed by atoms with Crippen LogP contribution in [0.4, 0.5) is 5.69 Å². The number of benzene rings is 1. The van der Waals surface area contributed by atoms with Crippen molar-refractivity contribution in [1.82, 2.24) is 4.90 Å². The molecule has 1 aliphatic heterocycles. The number of carbonyl (C=O) groups is 1. The zero-order chi connectivity index (χ0) is 16.5. The largest absolute Gasteiger partial charge is 0.372 e. The molecule has 2 atom stereocenters. The number of nitrogens with zero attached hydrogens (tertiary/aromatic N) is 1. The Balaban J connectivity index is 2.34. The van der Waals surface area contributed by atoms with Crippen LogP contribution in [0.2, 0.25) is 5.02 Å². The lowest BCUT2D eigenvalue weighted by molar-refractivity contribution is -0.0585. The van der Waals surface area contributed by atoms with Gasteiger partial charge in [-0.1, -0.05) is 11.6 Å². The van der Waals surface area contributed by atoms with Crippen molar-refractivity contribution in [1.29, 1.82) is 0 Å². The molecule has 1 aliphatic rings. The lowest BCUT2D eigenvalue weighted by Gasteiger charge is -2.35. The molecule has 0 bridgehead atoms. The summed E-state index contributed by atoms with van der Waals surface area (Å²) in [7, 11) is -3.49. The van der Waals surface area contributed by atoms with Crippen LogP contribution in [0.15, 0.2) is 18.2 Å². The Morgan fingerprint density at radius 1 is 1.32 bits per heavy atom. The molecule has 0 spiro atoms. The maximum atomic E-state index is 12.7. The number of sulfonamides is 1. The number of anilines is 1. The fourth-order valence-electron chi connectivity index (χ4n) is 2.50. The first-order valence-electron chi connectivity index (χ1n) is 6.88. The second-order valence-electron chi connectivity index (χ2n) is 5.53. The van der Waals surface area contributed by atoms with E-state index >= 15 is 0 Å². The molecule has 1 aromatic carbocycles. The molecule has 2 unspecified atom stereocenters. The highest BCUT2D eigenvalue weighted by Gasteiger charge is 2.28. The van der Waals surface area contributed by atoms with Gasteiger partial charge in [0.1, 0.15) is 0 Å². The third-order valence-corrected chi connectivity index (χ3v) is 4.04. The lowest BCUT2D eigenvalue weighted by Crippen LogP contribution is -2.48. The molecular formula is C14H19ClN2O4S. The average Bonchev–Trinajstić information content (AvgIpc) is 2.37. The molecule has 22 heavy (non-hydrogen) atoms. The average molecular weight is 347 g/mol. The number of morpholine rings is 1. The molecule has 1 N–H and O–H groups in total. The van der Waals surface area contributed by atoms with Crippen molar-refractivity contribution >= 4 is 33.2 Å². The zero-order valence-electron chi connectivity index (χ0n) is 12.7. The van der Waals surface area contributed by atoms with Crippen molar-refractivity contribution in [3.63, 3.8) is 0 Å². The first-order chi connectivity index (χ1) is 10.2. The Morgan fingerprint density at radius 2 is 1.91 bits per heavy atom. The maximum absolute atomic E-state index is 12.7. The molecule has 0 aromatic heterocycles. The number of nitrogens with one attached hydrogen (secondary N) is 1. The summed E-state index contributed by atoms with van der Waals surface area (Å²) in [6.07, 6.45) is 0.894. The summed E-state index contributed by atoms with van der Waals surface area (Å²) >= 11 is 5.96. The van der Waals surface area contributed by atoms with Gasteiger partial charge in [-0.15, -0.1) is 0 Å². The molecule has 122 valence electrons. The van der Waals surface area contributed by atoms with Gasteiger partial charge in [-0.05, 0) is 32.0 Å². The summed E-state index contributed by atoms with van der Waals surface area (Å²) in [5.41, 5.74) is 0.461. The third-order valence-electron chi connectivity index (χ3n) is 3.21. The van der Waals surface area contributed by atoms with E-state index in [4.69, 9.17) is 16.3 Å². The minimum atomic E-state index is -3.49. The second-order valence-corrected chi connectivity index (χ2v) is 7.72. The van der Waals surface area contributed by atoms with Crippen LogP contribution < -0.4 is 4.72 Å². The van der Waals surface area contributed by atoms with Crippen molar-refractivity contribution in [2.24, 2.45) is 0 Å². The fraction of sp³-hybridized carbons (Fsp3) is 0.500. The number of carbonyl (C=O) groups excluding carboxylic acids is 1. The minimum Gasteiger partial charge on any atom is -0.372 e. The number of rotatable bonds is 3. The van der Waals surface area contributed by atoms with E-state index in [9.17, 15) is 13.2 Å². The molecule has 6 nitrogen and oxygen atoms in total. The molecule has 0 radical (unpaired) electrons. The van der Waals surface area contributed by atoms with Gasteiger partial charge in [0.05, 0.1) is 29.7 Å². The Labute approximate surface area is 135 Å². The van der Waals surface area contributed by atoms with Gasteiger partial charge in [-0.25, -0.2) is 8.42 Å². The molecule has 1 aromatic rings. The van der Waals surface area contributed by atoms with E-state index in [0.29, 0.717) is 18.1 Å².